The van der Waals surface area contributed by atoms with Gasteiger partial charge in [-0.2, -0.15) is 4.98 Å². The molecule has 1 aromatic heterocycles. The van der Waals surface area contributed by atoms with E-state index in [0.717, 1.165) is 12.1 Å². The first-order valence-corrected chi connectivity index (χ1v) is 10.4. The molecule has 0 radical (unpaired) electrons. The minimum Gasteiger partial charge on any atom is -0.478 e. The van der Waals surface area contributed by atoms with Crippen LogP contribution in [-0.4, -0.2) is 79.5 Å². The summed E-state index contributed by atoms with van der Waals surface area (Å²) >= 11 is 0. The number of nitrogens with zero attached hydrogens (tertiary/aromatic N) is 3. The van der Waals surface area contributed by atoms with Crippen LogP contribution < -0.4 is 10.2 Å². The Labute approximate surface area is 187 Å². The van der Waals surface area contributed by atoms with Gasteiger partial charge in [0.15, 0.2) is 5.69 Å². The van der Waals surface area contributed by atoms with E-state index in [1.165, 1.54) is 6.26 Å². The van der Waals surface area contributed by atoms with Gasteiger partial charge in [-0.05, 0) is 31.5 Å². The average Bonchev–Trinajstić information content (AvgIpc) is 3.25. The highest BCUT2D eigenvalue weighted by atomic mass is 16.5. The van der Waals surface area contributed by atoms with Crippen molar-refractivity contribution in [1.82, 2.24) is 9.88 Å². The molecule has 0 bridgehead atoms. The number of benzene rings is 1. The van der Waals surface area contributed by atoms with Crippen LogP contribution in [0.2, 0.25) is 0 Å². The first-order chi connectivity index (χ1) is 15.2. The molecule has 174 valence electrons. The summed E-state index contributed by atoms with van der Waals surface area (Å²) < 4.78 is 15.9. The quantitative estimate of drug-likeness (QED) is 0.598. The van der Waals surface area contributed by atoms with Gasteiger partial charge in [-0.15, -0.1) is 0 Å². The lowest BCUT2D eigenvalue weighted by molar-refractivity contribution is -0.0552. The number of oxazole rings is 1. The molecule has 2 heterocycles. The summed E-state index contributed by atoms with van der Waals surface area (Å²) in [6.45, 7) is 7.83. The zero-order valence-electron chi connectivity index (χ0n) is 18.9. The molecule has 10 heteroatoms. The fourth-order valence-electron chi connectivity index (χ4n) is 3.43. The molecular formula is C22H30N4O6. The maximum absolute atomic E-state index is 12.6. The zero-order chi connectivity index (χ0) is 23.3. The zero-order valence-corrected chi connectivity index (χ0v) is 18.9. The second-order valence-corrected chi connectivity index (χ2v) is 8.36. The van der Waals surface area contributed by atoms with Crippen molar-refractivity contribution in [2.24, 2.45) is 0 Å². The number of carboxylic acid groups (broad SMARTS) is 1. The number of hydrogen-bond acceptors (Lipinski definition) is 8. The smallest absolute Gasteiger partial charge is 0.337 e. The van der Waals surface area contributed by atoms with E-state index in [4.69, 9.17) is 13.9 Å². The first kappa shape index (κ1) is 23.7. The second-order valence-electron chi connectivity index (χ2n) is 8.36. The van der Waals surface area contributed by atoms with Gasteiger partial charge in [0.25, 0.3) is 11.9 Å². The number of rotatable bonds is 9. The third kappa shape index (κ3) is 5.64. The topological polar surface area (TPSA) is 117 Å². The number of morpholine rings is 1. The van der Waals surface area contributed by atoms with Crippen molar-refractivity contribution in [3.05, 3.63) is 41.3 Å². The van der Waals surface area contributed by atoms with Gasteiger partial charge in [0.1, 0.15) is 6.26 Å². The van der Waals surface area contributed by atoms with E-state index in [0.29, 0.717) is 32.9 Å². The molecule has 3 rings (SSSR count). The van der Waals surface area contributed by atoms with Gasteiger partial charge < -0.3 is 29.2 Å². The summed E-state index contributed by atoms with van der Waals surface area (Å²) in [5.74, 6) is -1.67. The van der Waals surface area contributed by atoms with Crippen LogP contribution in [0.5, 0.6) is 0 Å². The Morgan fingerprint density at radius 1 is 1.38 bits per heavy atom. The van der Waals surface area contributed by atoms with Crippen molar-refractivity contribution in [3.8, 4) is 0 Å². The van der Waals surface area contributed by atoms with Crippen molar-refractivity contribution >= 4 is 23.6 Å². The Bertz CT molecular complexity index is 958. The molecule has 0 saturated carbocycles. The highest BCUT2D eigenvalue weighted by Gasteiger charge is 2.30. The molecule has 1 amide bonds. The number of methoxy groups -OCH3 is 1. The van der Waals surface area contributed by atoms with E-state index in [9.17, 15) is 14.7 Å². The number of amides is 1. The van der Waals surface area contributed by atoms with Crippen molar-refractivity contribution in [2.75, 3.05) is 57.3 Å². The molecule has 1 fully saturated rings. The highest BCUT2D eigenvalue weighted by Crippen LogP contribution is 2.25. The molecule has 0 unspecified atom stereocenters. The van der Waals surface area contributed by atoms with Crippen molar-refractivity contribution in [2.45, 2.75) is 25.9 Å². The van der Waals surface area contributed by atoms with Crippen molar-refractivity contribution in [3.63, 3.8) is 0 Å². The molecule has 1 aliphatic rings. The number of carbonyl (C=O) groups is 2. The second kappa shape index (κ2) is 10.1. The maximum Gasteiger partial charge on any atom is 0.337 e. The lowest BCUT2D eigenvalue weighted by atomic mass is 10.0. The SMILES string of the molecule is COCCN(C)c1nc(C(=O)Nc2ccc(CN3CCOCC3(C)C)cc2C(=O)O)co1. The molecule has 0 aliphatic carbocycles. The Morgan fingerprint density at radius 3 is 2.84 bits per heavy atom. The first-order valence-electron chi connectivity index (χ1n) is 10.4. The van der Waals surface area contributed by atoms with Crippen LogP contribution in [0, 0.1) is 0 Å². The third-order valence-electron chi connectivity index (χ3n) is 5.43. The van der Waals surface area contributed by atoms with E-state index in [-0.39, 0.29) is 28.5 Å². The fourth-order valence-corrected chi connectivity index (χ4v) is 3.43. The maximum atomic E-state index is 12.6. The lowest BCUT2D eigenvalue weighted by Crippen LogP contribution is -2.52. The lowest BCUT2D eigenvalue weighted by Gasteiger charge is -2.42. The monoisotopic (exact) mass is 446 g/mol. The average molecular weight is 447 g/mol. The summed E-state index contributed by atoms with van der Waals surface area (Å²) in [5, 5.41) is 12.3. The molecule has 1 saturated heterocycles. The number of carbonyl (C=O) groups excluding carboxylic acids is 1. The van der Waals surface area contributed by atoms with E-state index >= 15 is 0 Å². The van der Waals surface area contributed by atoms with E-state index in [2.05, 4.69) is 29.0 Å². The summed E-state index contributed by atoms with van der Waals surface area (Å²) in [6.07, 6.45) is 1.24. The van der Waals surface area contributed by atoms with Crippen LogP contribution in [0.4, 0.5) is 11.7 Å². The molecular weight excluding hydrogens is 416 g/mol. The number of carboxylic acids is 1. The fraction of sp³-hybridized carbons (Fsp3) is 0.500. The molecule has 2 N–H and O–H groups in total. The van der Waals surface area contributed by atoms with E-state index < -0.39 is 11.9 Å². The van der Waals surface area contributed by atoms with Crippen LogP contribution in [0.15, 0.2) is 28.9 Å². The Morgan fingerprint density at radius 2 is 2.16 bits per heavy atom. The number of hydrogen-bond donors (Lipinski definition) is 2. The van der Waals surface area contributed by atoms with Gasteiger partial charge in [-0.3, -0.25) is 9.69 Å². The summed E-state index contributed by atoms with van der Waals surface area (Å²) in [4.78, 5) is 32.6. The minimum absolute atomic E-state index is 0.0165. The third-order valence-corrected chi connectivity index (χ3v) is 5.43. The highest BCUT2D eigenvalue weighted by molar-refractivity contribution is 6.06. The molecule has 1 aromatic carbocycles. The summed E-state index contributed by atoms with van der Waals surface area (Å²) in [5.41, 5.74) is 0.974. The summed E-state index contributed by atoms with van der Waals surface area (Å²) in [6, 6.07) is 5.29. The van der Waals surface area contributed by atoms with Crippen LogP contribution in [0.1, 0.15) is 40.3 Å². The number of aromatic carboxylic acids is 1. The van der Waals surface area contributed by atoms with Gasteiger partial charge >= 0.3 is 5.97 Å². The van der Waals surface area contributed by atoms with Crippen LogP contribution in [0.3, 0.4) is 0 Å². The van der Waals surface area contributed by atoms with Gasteiger partial charge in [-0.25, -0.2) is 4.79 Å². The number of ether oxygens (including phenoxy) is 2. The Balaban J connectivity index is 1.73. The van der Waals surface area contributed by atoms with E-state index in [1.807, 2.05) is 6.07 Å². The van der Waals surface area contributed by atoms with Gasteiger partial charge in [0, 0.05) is 39.3 Å². The van der Waals surface area contributed by atoms with Crippen LogP contribution in [-0.2, 0) is 16.0 Å². The van der Waals surface area contributed by atoms with Crippen molar-refractivity contribution in [1.29, 1.82) is 0 Å². The predicted octanol–water partition coefficient (Wildman–Crippen LogP) is 2.32. The molecule has 2 aromatic rings. The molecule has 10 nitrogen and oxygen atoms in total. The molecule has 0 atom stereocenters. The van der Waals surface area contributed by atoms with E-state index in [1.54, 1.807) is 31.2 Å². The largest absolute Gasteiger partial charge is 0.478 e. The number of likely N-dealkylation sites (N-methyl/N-ethyl adjacent to an activating group) is 1. The van der Waals surface area contributed by atoms with Gasteiger partial charge in [-0.1, -0.05) is 6.07 Å². The molecule has 32 heavy (non-hydrogen) atoms. The van der Waals surface area contributed by atoms with Crippen molar-refractivity contribution < 1.29 is 28.6 Å². The van der Waals surface area contributed by atoms with Gasteiger partial charge in [0.05, 0.1) is 31.1 Å². The molecule has 1 aliphatic heterocycles. The summed E-state index contributed by atoms with van der Waals surface area (Å²) in [7, 11) is 3.36. The Kier molecular flexibility index (Phi) is 7.49. The minimum atomic E-state index is -1.12. The number of anilines is 2. The molecule has 0 spiro atoms. The predicted molar refractivity (Wildman–Crippen MR) is 118 cm³/mol. The Hall–Kier alpha value is -2.95. The van der Waals surface area contributed by atoms with Crippen LogP contribution in [0.25, 0.3) is 0 Å². The normalized spacial score (nSPS) is 16.0. The standard InChI is InChI=1S/C22H30N4O6/c1-22(2)14-31-10-8-26(22)12-15-5-6-17(16(11-15)20(28)29)23-19(27)18-13-32-21(24-18)25(3)7-9-30-4/h5-6,11,13H,7-10,12,14H2,1-4H3,(H,23,27)(H,28,29). The number of aromatic nitrogens is 1. The number of nitrogens with one attached hydrogen (secondary N) is 1. The van der Waals surface area contributed by atoms with Crippen LogP contribution >= 0.6 is 0 Å². The van der Waals surface area contributed by atoms with Gasteiger partial charge in [0.2, 0.25) is 0 Å².